The van der Waals surface area contributed by atoms with Crippen molar-refractivity contribution in [2.24, 2.45) is 0 Å². The molecule has 0 radical (unpaired) electrons. The molecular formula is C31H21N3. The molecule has 4 aromatic carbocycles. The maximum atomic E-state index is 4.83. The van der Waals surface area contributed by atoms with E-state index in [1.165, 1.54) is 32.7 Å². The van der Waals surface area contributed by atoms with Crippen LogP contribution < -0.4 is 0 Å². The molecule has 0 atom stereocenters. The minimum atomic E-state index is 0.977. The van der Waals surface area contributed by atoms with Crippen molar-refractivity contribution in [3.05, 3.63) is 128 Å². The first-order valence-corrected chi connectivity index (χ1v) is 11.5. The molecule has 0 saturated heterocycles. The molecular weight excluding hydrogens is 414 g/mol. The standard InChI is InChI=1S/C31H21N3/c1-3-9-22(10-4-1)28-17-15-24(21-32-28)34-30-14-8-7-13-25(30)26-16-18-29-27(31(26)34)19-20-33(29)23-11-5-2-6-12-23/h1-21H. The molecule has 7 aromatic rings. The first-order chi connectivity index (χ1) is 16.9. The molecule has 0 aliphatic heterocycles. The zero-order valence-electron chi connectivity index (χ0n) is 18.5. The van der Waals surface area contributed by atoms with Gasteiger partial charge in [0.1, 0.15) is 0 Å². The molecule has 0 fully saturated rings. The second kappa shape index (κ2) is 7.46. The van der Waals surface area contributed by atoms with Gasteiger partial charge in [0.2, 0.25) is 0 Å². The van der Waals surface area contributed by atoms with Gasteiger partial charge < -0.3 is 9.13 Å². The normalized spacial score (nSPS) is 11.5. The Morgan fingerprint density at radius 2 is 1.26 bits per heavy atom. The number of nitrogens with zero attached hydrogens (tertiary/aromatic N) is 3. The minimum Gasteiger partial charge on any atom is -0.316 e. The summed E-state index contributed by atoms with van der Waals surface area (Å²) in [5.41, 5.74) is 7.91. The van der Waals surface area contributed by atoms with E-state index in [-0.39, 0.29) is 0 Å². The Bertz CT molecular complexity index is 1770. The van der Waals surface area contributed by atoms with E-state index in [1.807, 2.05) is 24.4 Å². The minimum absolute atomic E-state index is 0.977. The summed E-state index contributed by atoms with van der Waals surface area (Å²) >= 11 is 0. The van der Waals surface area contributed by atoms with Gasteiger partial charge in [0.05, 0.1) is 34.1 Å². The molecule has 0 bridgehead atoms. The van der Waals surface area contributed by atoms with Gasteiger partial charge in [0.25, 0.3) is 0 Å². The predicted octanol–water partition coefficient (Wildman–Crippen LogP) is 7.79. The van der Waals surface area contributed by atoms with E-state index in [4.69, 9.17) is 4.98 Å². The zero-order chi connectivity index (χ0) is 22.5. The summed E-state index contributed by atoms with van der Waals surface area (Å²) in [6.45, 7) is 0. The van der Waals surface area contributed by atoms with Crippen LogP contribution in [-0.4, -0.2) is 14.1 Å². The predicted molar refractivity (Wildman–Crippen MR) is 141 cm³/mol. The van der Waals surface area contributed by atoms with Crippen molar-refractivity contribution < 1.29 is 0 Å². The number of aromatic nitrogens is 3. The van der Waals surface area contributed by atoms with Crippen molar-refractivity contribution in [2.75, 3.05) is 0 Å². The van der Waals surface area contributed by atoms with Gasteiger partial charge in [-0.2, -0.15) is 0 Å². The van der Waals surface area contributed by atoms with Gasteiger partial charge in [-0.1, -0.05) is 72.8 Å². The smallest absolute Gasteiger partial charge is 0.0703 e. The van der Waals surface area contributed by atoms with Gasteiger partial charge in [-0.3, -0.25) is 4.98 Å². The highest BCUT2D eigenvalue weighted by Gasteiger charge is 2.17. The van der Waals surface area contributed by atoms with Gasteiger partial charge in [0, 0.05) is 33.6 Å². The van der Waals surface area contributed by atoms with Crippen molar-refractivity contribution in [3.63, 3.8) is 0 Å². The quantitative estimate of drug-likeness (QED) is 0.278. The summed E-state index contributed by atoms with van der Waals surface area (Å²) in [4.78, 5) is 4.83. The Kier molecular flexibility index (Phi) is 4.15. The summed E-state index contributed by atoms with van der Waals surface area (Å²) in [5.74, 6) is 0. The van der Waals surface area contributed by atoms with Crippen molar-refractivity contribution in [1.82, 2.24) is 14.1 Å². The molecule has 0 aliphatic rings. The SMILES string of the molecule is c1ccc(-c2ccc(-n3c4ccccc4c4ccc5c(ccn5-c5ccccc5)c43)cn2)cc1. The average Bonchev–Trinajstić information content (AvgIpc) is 3.49. The van der Waals surface area contributed by atoms with Crippen molar-refractivity contribution in [1.29, 1.82) is 0 Å². The third-order valence-corrected chi connectivity index (χ3v) is 6.61. The number of hydrogen-bond donors (Lipinski definition) is 0. The van der Waals surface area contributed by atoms with Crippen LogP contribution in [0, 0.1) is 0 Å². The van der Waals surface area contributed by atoms with Gasteiger partial charge in [-0.25, -0.2) is 0 Å². The second-order valence-corrected chi connectivity index (χ2v) is 8.54. The van der Waals surface area contributed by atoms with Crippen LogP contribution in [0.25, 0.3) is 55.3 Å². The molecule has 0 saturated carbocycles. The molecule has 0 unspecified atom stereocenters. The van der Waals surface area contributed by atoms with Crippen LogP contribution >= 0.6 is 0 Å². The Labute approximate surface area is 197 Å². The average molecular weight is 436 g/mol. The molecule has 7 rings (SSSR count). The first kappa shape index (κ1) is 18.9. The molecule has 160 valence electrons. The van der Waals surface area contributed by atoms with Crippen LogP contribution in [0.1, 0.15) is 0 Å². The number of hydrogen-bond acceptors (Lipinski definition) is 1. The third-order valence-electron chi connectivity index (χ3n) is 6.61. The second-order valence-electron chi connectivity index (χ2n) is 8.54. The lowest BCUT2D eigenvalue weighted by Gasteiger charge is -2.10. The topological polar surface area (TPSA) is 22.8 Å². The van der Waals surface area contributed by atoms with E-state index >= 15 is 0 Å². The third kappa shape index (κ3) is 2.81. The fourth-order valence-corrected chi connectivity index (χ4v) is 5.06. The first-order valence-electron chi connectivity index (χ1n) is 11.5. The van der Waals surface area contributed by atoms with Crippen LogP contribution in [0.3, 0.4) is 0 Å². The Hall–Kier alpha value is -4.63. The van der Waals surface area contributed by atoms with E-state index in [0.29, 0.717) is 0 Å². The molecule has 0 aliphatic carbocycles. The van der Waals surface area contributed by atoms with Crippen LogP contribution in [0.5, 0.6) is 0 Å². The van der Waals surface area contributed by atoms with Crippen molar-refractivity contribution in [2.45, 2.75) is 0 Å². The molecule has 0 N–H and O–H groups in total. The van der Waals surface area contributed by atoms with Gasteiger partial charge >= 0.3 is 0 Å². The monoisotopic (exact) mass is 435 g/mol. The number of fused-ring (bicyclic) bond motifs is 5. The number of benzene rings is 4. The van der Waals surface area contributed by atoms with Crippen molar-refractivity contribution >= 4 is 32.7 Å². The molecule has 3 heteroatoms. The Balaban J connectivity index is 1.51. The summed E-state index contributed by atoms with van der Waals surface area (Å²) in [6.07, 6.45) is 4.15. The van der Waals surface area contributed by atoms with Crippen LogP contribution in [0.15, 0.2) is 128 Å². The summed E-state index contributed by atoms with van der Waals surface area (Å²) in [6, 6.07) is 40.4. The number of pyridine rings is 1. The highest BCUT2D eigenvalue weighted by molar-refractivity contribution is 6.18. The molecule has 3 aromatic heterocycles. The number of rotatable bonds is 3. The zero-order valence-corrected chi connectivity index (χ0v) is 18.5. The van der Waals surface area contributed by atoms with Gasteiger partial charge in [0.15, 0.2) is 0 Å². The fourth-order valence-electron chi connectivity index (χ4n) is 5.06. The maximum Gasteiger partial charge on any atom is 0.0703 e. The lowest BCUT2D eigenvalue weighted by atomic mass is 10.1. The molecule has 3 nitrogen and oxygen atoms in total. The van der Waals surface area contributed by atoms with Crippen LogP contribution in [0.4, 0.5) is 0 Å². The van der Waals surface area contributed by atoms with E-state index in [2.05, 4.69) is 112 Å². The summed E-state index contributed by atoms with van der Waals surface area (Å²) in [5, 5.41) is 3.73. The van der Waals surface area contributed by atoms with Gasteiger partial charge in [-0.15, -0.1) is 0 Å². The Morgan fingerprint density at radius 3 is 2.06 bits per heavy atom. The van der Waals surface area contributed by atoms with Crippen LogP contribution in [-0.2, 0) is 0 Å². The van der Waals surface area contributed by atoms with E-state index < -0.39 is 0 Å². The van der Waals surface area contributed by atoms with E-state index in [0.717, 1.165) is 22.6 Å². The summed E-state index contributed by atoms with van der Waals surface area (Å²) in [7, 11) is 0. The Morgan fingerprint density at radius 1 is 0.500 bits per heavy atom. The number of para-hydroxylation sites is 2. The maximum absolute atomic E-state index is 4.83. The highest BCUT2D eigenvalue weighted by Crippen LogP contribution is 2.37. The molecule has 0 spiro atoms. The van der Waals surface area contributed by atoms with Gasteiger partial charge in [-0.05, 0) is 42.5 Å². The lowest BCUT2D eigenvalue weighted by molar-refractivity contribution is 1.13. The van der Waals surface area contributed by atoms with Crippen LogP contribution in [0.2, 0.25) is 0 Å². The fraction of sp³-hybridized carbons (Fsp3) is 0. The summed E-state index contributed by atoms with van der Waals surface area (Å²) < 4.78 is 4.61. The molecule has 0 amide bonds. The highest BCUT2D eigenvalue weighted by atomic mass is 15.0. The van der Waals surface area contributed by atoms with Crippen molar-refractivity contribution in [3.8, 4) is 22.6 Å². The molecule has 34 heavy (non-hydrogen) atoms. The largest absolute Gasteiger partial charge is 0.316 e. The van der Waals surface area contributed by atoms with E-state index in [9.17, 15) is 0 Å². The van der Waals surface area contributed by atoms with E-state index in [1.54, 1.807) is 0 Å². The molecule has 3 heterocycles. The lowest BCUT2D eigenvalue weighted by Crippen LogP contribution is -1.96.